The molecule has 13 heteroatoms. The number of nitrogens with zero attached hydrogens (tertiary/aromatic N) is 6. The Kier molecular flexibility index (Phi) is 7.74. The van der Waals surface area contributed by atoms with Gasteiger partial charge in [-0.25, -0.2) is 4.98 Å². The van der Waals surface area contributed by atoms with E-state index in [1.807, 2.05) is 18.0 Å². The number of aromatic amines is 1. The molecule has 3 aromatic heterocycles. The predicted molar refractivity (Wildman–Crippen MR) is 154 cm³/mol. The maximum Gasteiger partial charge on any atom is 0.416 e. The number of pyridine rings is 1. The van der Waals surface area contributed by atoms with Gasteiger partial charge in [0.05, 0.1) is 11.8 Å². The number of piperazine rings is 1. The standard InChI is InChI=1S/C30H27F3N8O2/c1-40-10-12-41(13-11-40)18-21-8-7-19(14-25(21)30(31,32)33)28(42)36-22-5-2-6-23(15-22)43-29-24-17-35-39-27(24)37-26(38-29)20-4-3-9-34-16-20/h2-9,14-17H,10-13,18H2,1H3,(H,36,42)(H,35,37,38,39). The Balaban J connectivity index is 1.21. The molecule has 43 heavy (non-hydrogen) atoms. The van der Waals surface area contributed by atoms with Crippen molar-refractivity contribution in [3.05, 3.63) is 89.9 Å². The van der Waals surface area contributed by atoms with Crippen LogP contribution < -0.4 is 10.1 Å². The van der Waals surface area contributed by atoms with Gasteiger partial charge in [0, 0.05) is 68.0 Å². The fourth-order valence-electron chi connectivity index (χ4n) is 4.83. The number of rotatable bonds is 7. The Labute approximate surface area is 244 Å². The Hall–Kier alpha value is -4.88. The third kappa shape index (κ3) is 6.47. The van der Waals surface area contributed by atoms with Crippen LogP contribution in [0.3, 0.4) is 0 Å². The monoisotopic (exact) mass is 588 g/mol. The lowest BCUT2D eigenvalue weighted by Crippen LogP contribution is -2.44. The minimum Gasteiger partial charge on any atom is -0.438 e. The molecule has 0 unspecified atom stereocenters. The third-order valence-electron chi connectivity index (χ3n) is 7.17. The lowest BCUT2D eigenvalue weighted by molar-refractivity contribution is -0.138. The SMILES string of the molecule is CN1CCN(Cc2ccc(C(=O)Nc3cccc(Oc4nc(-c5cccnc5)nc5[nH]ncc45)c3)cc2C(F)(F)F)CC1. The van der Waals surface area contributed by atoms with E-state index in [-0.39, 0.29) is 23.6 Å². The molecule has 1 fully saturated rings. The summed E-state index contributed by atoms with van der Waals surface area (Å²) in [5.74, 6) is 0.272. The maximum absolute atomic E-state index is 14.0. The van der Waals surface area contributed by atoms with Gasteiger partial charge in [0.1, 0.15) is 11.1 Å². The Bertz CT molecular complexity index is 1750. The number of fused-ring (bicyclic) bond motifs is 1. The molecule has 2 aromatic carbocycles. The molecule has 1 amide bonds. The fraction of sp³-hybridized carbons (Fsp3) is 0.233. The summed E-state index contributed by atoms with van der Waals surface area (Å²) in [6.07, 6.45) is 0.203. The van der Waals surface area contributed by atoms with Crippen LogP contribution >= 0.6 is 0 Å². The quantitative estimate of drug-likeness (QED) is 0.266. The number of halogens is 3. The molecule has 0 atom stereocenters. The highest BCUT2D eigenvalue weighted by atomic mass is 19.4. The van der Waals surface area contributed by atoms with E-state index in [2.05, 4.69) is 35.4 Å². The van der Waals surface area contributed by atoms with Gasteiger partial charge < -0.3 is 15.0 Å². The first-order valence-corrected chi connectivity index (χ1v) is 13.5. The van der Waals surface area contributed by atoms with E-state index in [1.165, 1.54) is 18.3 Å². The van der Waals surface area contributed by atoms with Crippen molar-refractivity contribution in [3.63, 3.8) is 0 Å². The number of likely N-dealkylation sites (N-methyl/N-ethyl adjacent to an activating group) is 1. The van der Waals surface area contributed by atoms with Crippen LogP contribution in [0.25, 0.3) is 22.4 Å². The molecule has 0 bridgehead atoms. The molecule has 1 aliphatic heterocycles. The summed E-state index contributed by atoms with van der Waals surface area (Å²) in [7, 11) is 1.99. The topological polar surface area (TPSA) is 112 Å². The number of amides is 1. The molecule has 1 saturated heterocycles. The van der Waals surface area contributed by atoms with E-state index in [0.29, 0.717) is 46.9 Å². The van der Waals surface area contributed by atoms with Crippen LogP contribution in [-0.2, 0) is 12.7 Å². The fourth-order valence-corrected chi connectivity index (χ4v) is 4.83. The van der Waals surface area contributed by atoms with Crippen LogP contribution in [0.5, 0.6) is 11.6 Å². The summed E-state index contributed by atoms with van der Waals surface area (Å²) in [6.45, 7) is 3.11. The number of hydrogen-bond acceptors (Lipinski definition) is 8. The molecule has 10 nitrogen and oxygen atoms in total. The van der Waals surface area contributed by atoms with Crippen LogP contribution in [0.4, 0.5) is 18.9 Å². The van der Waals surface area contributed by atoms with E-state index in [4.69, 9.17) is 4.74 Å². The number of benzene rings is 2. The summed E-state index contributed by atoms with van der Waals surface area (Å²) < 4.78 is 48.1. The van der Waals surface area contributed by atoms with Gasteiger partial charge in [-0.05, 0) is 49.0 Å². The van der Waals surface area contributed by atoms with Gasteiger partial charge in [0.2, 0.25) is 5.88 Å². The molecule has 4 heterocycles. The molecule has 220 valence electrons. The van der Waals surface area contributed by atoms with Crippen molar-refractivity contribution in [2.24, 2.45) is 0 Å². The second kappa shape index (κ2) is 11.8. The summed E-state index contributed by atoms with van der Waals surface area (Å²) >= 11 is 0. The highest BCUT2D eigenvalue weighted by Gasteiger charge is 2.34. The predicted octanol–water partition coefficient (Wildman–Crippen LogP) is 5.23. The van der Waals surface area contributed by atoms with Gasteiger partial charge >= 0.3 is 6.18 Å². The second-order valence-electron chi connectivity index (χ2n) is 10.3. The van der Waals surface area contributed by atoms with E-state index < -0.39 is 17.6 Å². The lowest BCUT2D eigenvalue weighted by Gasteiger charge is -2.33. The molecule has 0 aliphatic carbocycles. The molecule has 5 aromatic rings. The minimum atomic E-state index is -4.60. The normalized spacial score (nSPS) is 14.6. The molecule has 1 aliphatic rings. The number of alkyl halides is 3. The van der Waals surface area contributed by atoms with E-state index in [9.17, 15) is 18.0 Å². The number of carbonyl (C=O) groups excluding carboxylic acids is 1. The molecule has 2 N–H and O–H groups in total. The lowest BCUT2D eigenvalue weighted by atomic mass is 10.0. The Morgan fingerprint density at radius 1 is 1.02 bits per heavy atom. The average Bonchev–Trinajstić information content (AvgIpc) is 3.48. The molecule has 0 saturated carbocycles. The van der Waals surface area contributed by atoms with E-state index in [0.717, 1.165) is 19.2 Å². The van der Waals surface area contributed by atoms with Crippen LogP contribution in [0.1, 0.15) is 21.5 Å². The highest BCUT2D eigenvalue weighted by Crippen LogP contribution is 2.34. The van der Waals surface area contributed by atoms with E-state index >= 15 is 0 Å². The number of ether oxygens (including phenoxy) is 1. The van der Waals surface area contributed by atoms with Crippen molar-refractivity contribution in [1.29, 1.82) is 0 Å². The third-order valence-corrected chi connectivity index (χ3v) is 7.17. The molecular formula is C30H27F3N8O2. The largest absolute Gasteiger partial charge is 0.438 e. The second-order valence-corrected chi connectivity index (χ2v) is 10.3. The van der Waals surface area contributed by atoms with Crippen molar-refractivity contribution < 1.29 is 22.7 Å². The maximum atomic E-state index is 14.0. The number of anilines is 1. The Morgan fingerprint density at radius 2 is 1.86 bits per heavy atom. The number of hydrogen-bond donors (Lipinski definition) is 2. The van der Waals surface area contributed by atoms with Crippen LogP contribution in [0.15, 0.2) is 73.2 Å². The number of carbonyl (C=O) groups is 1. The van der Waals surface area contributed by atoms with Gasteiger partial charge in [-0.1, -0.05) is 12.1 Å². The highest BCUT2D eigenvalue weighted by molar-refractivity contribution is 6.04. The van der Waals surface area contributed by atoms with Crippen LogP contribution in [-0.4, -0.2) is 74.1 Å². The van der Waals surface area contributed by atoms with Crippen LogP contribution in [0.2, 0.25) is 0 Å². The number of H-pyrrole nitrogens is 1. The smallest absolute Gasteiger partial charge is 0.416 e. The summed E-state index contributed by atoms with van der Waals surface area (Å²) in [5, 5.41) is 10.1. The number of nitrogens with one attached hydrogen (secondary N) is 2. The Morgan fingerprint density at radius 3 is 2.63 bits per heavy atom. The summed E-state index contributed by atoms with van der Waals surface area (Å²) in [5.41, 5.74) is 0.710. The van der Waals surface area contributed by atoms with Crippen molar-refractivity contribution in [2.45, 2.75) is 12.7 Å². The van der Waals surface area contributed by atoms with E-state index in [1.54, 1.807) is 42.7 Å². The summed E-state index contributed by atoms with van der Waals surface area (Å²) in [6, 6.07) is 13.8. The molecule has 0 radical (unpaired) electrons. The van der Waals surface area contributed by atoms with Gasteiger partial charge in [0.25, 0.3) is 5.91 Å². The molecular weight excluding hydrogens is 561 g/mol. The van der Waals surface area contributed by atoms with Gasteiger partial charge in [-0.15, -0.1) is 0 Å². The zero-order valence-corrected chi connectivity index (χ0v) is 23.1. The molecule has 0 spiro atoms. The zero-order chi connectivity index (χ0) is 30.0. The van der Waals surface area contributed by atoms with Crippen LogP contribution in [0, 0.1) is 0 Å². The molecule has 6 rings (SSSR count). The van der Waals surface area contributed by atoms with Crippen molar-refractivity contribution in [1.82, 2.24) is 34.9 Å². The average molecular weight is 589 g/mol. The first kappa shape index (κ1) is 28.2. The van der Waals surface area contributed by atoms with Crippen molar-refractivity contribution in [3.8, 4) is 23.0 Å². The first-order chi connectivity index (χ1) is 20.7. The number of aromatic nitrogens is 5. The summed E-state index contributed by atoms with van der Waals surface area (Å²) in [4.78, 5) is 30.3. The van der Waals surface area contributed by atoms with Crippen molar-refractivity contribution in [2.75, 3.05) is 38.5 Å². The van der Waals surface area contributed by atoms with Gasteiger partial charge in [-0.2, -0.15) is 23.3 Å². The first-order valence-electron chi connectivity index (χ1n) is 13.5. The van der Waals surface area contributed by atoms with Crippen molar-refractivity contribution >= 4 is 22.6 Å². The van der Waals surface area contributed by atoms with Gasteiger partial charge in [0.15, 0.2) is 11.5 Å². The minimum absolute atomic E-state index is 0.0993. The zero-order valence-electron chi connectivity index (χ0n) is 23.1. The van der Waals surface area contributed by atoms with Gasteiger partial charge in [-0.3, -0.25) is 19.8 Å².